The van der Waals surface area contributed by atoms with Gasteiger partial charge in [0.25, 0.3) is 0 Å². The Morgan fingerprint density at radius 1 is 1.12 bits per heavy atom. The Morgan fingerprint density at radius 2 is 1.75 bits per heavy atom. The highest BCUT2D eigenvalue weighted by Gasteiger charge is 2.21. The van der Waals surface area contributed by atoms with Crippen LogP contribution in [0.4, 0.5) is 0 Å². The van der Waals surface area contributed by atoms with Crippen LogP contribution >= 0.6 is 0 Å². The molecule has 0 radical (unpaired) electrons. The largest absolute Gasteiger partial charge is 0.466 e. The van der Waals surface area contributed by atoms with E-state index in [1.807, 2.05) is 6.92 Å². The zero-order chi connectivity index (χ0) is 12.4. The highest BCUT2D eigenvalue weighted by molar-refractivity contribution is 5.69. The molecule has 0 saturated heterocycles. The lowest BCUT2D eigenvalue weighted by molar-refractivity contribution is -0.143. The average Bonchev–Trinajstić information content (AvgIpc) is 2.27. The van der Waals surface area contributed by atoms with E-state index in [1.165, 1.54) is 25.7 Å². The second kappa shape index (κ2) is 8.60. The summed E-state index contributed by atoms with van der Waals surface area (Å²) in [6.45, 7) is 9.18. The van der Waals surface area contributed by atoms with E-state index in [-0.39, 0.29) is 5.97 Å². The molecule has 0 heterocycles. The van der Waals surface area contributed by atoms with E-state index >= 15 is 0 Å². The van der Waals surface area contributed by atoms with E-state index in [0.29, 0.717) is 18.4 Å². The van der Waals surface area contributed by atoms with Gasteiger partial charge in [0.15, 0.2) is 0 Å². The molecule has 2 heteroatoms. The van der Waals surface area contributed by atoms with Crippen LogP contribution in [0.2, 0.25) is 0 Å². The first kappa shape index (κ1) is 15.5. The lowest BCUT2D eigenvalue weighted by Crippen LogP contribution is -2.16. The van der Waals surface area contributed by atoms with E-state index in [1.54, 1.807) is 0 Å². The van der Waals surface area contributed by atoms with Gasteiger partial charge >= 0.3 is 5.97 Å². The van der Waals surface area contributed by atoms with Crippen molar-refractivity contribution in [2.45, 2.75) is 72.6 Å². The van der Waals surface area contributed by atoms with E-state index in [0.717, 1.165) is 12.8 Å². The zero-order valence-corrected chi connectivity index (χ0v) is 11.5. The number of carbonyl (C=O) groups excluding carboxylic acids is 1. The molecule has 0 rings (SSSR count). The van der Waals surface area contributed by atoms with Crippen LogP contribution in [0.25, 0.3) is 0 Å². The van der Waals surface area contributed by atoms with Crippen molar-refractivity contribution in [1.82, 2.24) is 0 Å². The maximum Gasteiger partial charge on any atom is 0.305 e. The predicted molar refractivity (Wildman–Crippen MR) is 68.4 cm³/mol. The van der Waals surface area contributed by atoms with Gasteiger partial charge in [-0.25, -0.2) is 0 Å². The van der Waals surface area contributed by atoms with Crippen LogP contribution in [0.1, 0.15) is 72.6 Å². The van der Waals surface area contributed by atoms with Gasteiger partial charge in [-0.05, 0) is 31.6 Å². The fraction of sp³-hybridized carbons (Fsp3) is 0.929. The molecule has 1 unspecified atom stereocenters. The Bertz CT molecular complexity index is 189. The lowest BCUT2D eigenvalue weighted by Gasteiger charge is -2.28. The average molecular weight is 228 g/mol. The minimum Gasteiger partial charge on any atom is -0.466 e. The molecule has 0 amide bonds. The summed E-state index contributed by atoms with van der Waals surface area (Å²) in [4.78, 5) is 11.2. The summed E-state index contributed by atoms with van der Waals surface area (Å²) in [5, 5.41) is 0. The first-order valence-corrected chi connectivity index (χ1v) is 6.73. The molecular formula is C14H28O2. The van der Waals surface area contributed by atoms with Crippen molar-refractivity contribution < 1.29 is 9.53 Å². The highest BCUT2D eigenvalue weighted by atomic mass is 16.5. The Hall–Kier alpha value is -0.530. The summed E-state index contributed by atoms with van der Waals surface area (Å²) in [7, 11) is 0. The van der Waals surface area contributed by atoms with Gasteiger partial charge in [-0.2, -0.15) is 0 Å². The molecule has 0 aliphatic rings. The van der Waals surface area contributed by atoms with E-state index < -0.39 is 0 Å². The molecule has 0 spiro atoms. The second-order valence-electron chi connectivity index (χ2n) is 4.93. The molecule has 0 N–H and O–H groups in total. The van der Waals surface area contributed by atoms with Crippen molar-refractivity contribution in [2.24, 2.45) is 5.41 Å². The maximum absolute atomic E-state index is 11.2. The first-order valence-electron chi connectivity index (χ1n) is 6.73. The topological polar surface area (TPSA) is 26.3 Å². The summed E-state index contributed by atoms with van der Waals surface area (Å²) in [5.74, 6) is -0.0450. The van der Waals surface area contributed by atoms with Crippen molar-refractivity contribution in [1.29, 1.82) is 0 Å². The fourth-order valence-electron chi connectivity index (χ4n) is 1.97. The van der Waals surface area contributed by atoms with Crippen LogP contribution in [-0.4, -0.2) is 12.6 Å². The number of rotatable bonds is 9. The third-order valence-electron chi connectivity index (χ3n) is 3.45. The standard InChI is InChI=1S/C14H28O2/c1-5-8-11-14(4,6-2)12-9-10-13(15)16-7-3/h5-12H2,1-4H3. The molecule has 0 fully saturated rings. The molecule has 0 aromatic carbocycles. The minimum atomic E-state index is -0.0450. The molecule has 0 bridgehead atoms. The monoisotopic (exact) mass is 228 g/mol. The van der Waals surface area contributed by atoms with Crippen LogP contribution in [0.15, 0.2) is 0 Å². The van der Waals surface area contributed by atoms with Crippen LogP contribution in [0.5, 0.6) is 0 Å². The summed E-state index contributed by atoms with van der Waals surface area (Å²) in [5.41, 5.74) is 0.419. The van der Waals surface area contributed by atoms with Crippen LogP contribution in [0, 0.1) is 5.41 Å². The molecule has 0 aromatic heterocycles. The minimum absolute atomic E-state index is 0.0450. The summed E-state index contributed by atoms with van der Waals surface area (Å²) >= 11 is 0. The van der Waals surface area contributed by atoms with Gasteiger partial charge in [-0.15, -0.1) is 0 Å². The van der Waals surface area contributed by atoms with Crippen molar-refractivity contribution in [3.8, 4) is 0 Å². The molecule has 1 atom stereocenters. The SMILES string of the molecule is CCCCC(C)(CC)CCCC(=O)OCC. The quantitative estimate of drug-likeness (QED) is 0.549. The van der Waals surface area contributed by atoms with Gasteiger partial charge in [-0.3, -0.25) is 4.79 Å². The predicted octanol–water partition coefficient (Wildman–Crippen LogP) is 4.33. The Morgan fingerprint density at radius 3 is 2.25 bits per heavy atom. The second-order valence-corrected chi connectivity index (χ2v) is 4.93. The van der Waals surface area contributed by atoms with Gasteiger partial charge in [0.05, 0.1) is 6.61 Å². The molecule has 0 aliphatic heterocycles. The van der Waals surface area contributed by atoms with Crippen molar-refractivity contribution in [2.75, 3.05) is 6.61 Å². The molecule has 0 aromatic rings. The molecule has 0 saturated carbocycles. The van der Waals surface area contributed by atoms with Gasteiger partial charge < -0.3 is 4.74 Å². The van der Waals surface area contributed by atoms with Gasteiger partial charge in [-0.1, -0.05) is 40.0 Å². The lowest BCUT2D eigenvalue weighted by atomic mass is 9.78. The summed E-state index contributed by atoms with van der Waals surface area (Å²) in [6.07, 6.45) is 7.72. The highest BCUT2D eigenvalue weighted by Crippen LogP contribution is 2.33. The number of esters is 1. The van der Waals surface area contributed by atoms with Gasteiger partial charge in [0.1, 0.15) is 0 Å². The Kier molecular flexibility index (Phi) is 8.32. The molecular weight excluding hydrogens is 200 g/mol. The van der Waals surface area contributed by atoms with E-state index in [9.17, 15) is 4.79 Å². The number of hydrogen-bond acceptors (Lipinski definition) is 2. The van der Waals surface area contributed by atoms with Crippen molar-refractivity contribution in [3.05, 3.63) is 0 Å². The number of hydrogen-bond donors (Lipinski definition) is 0. The first-order chi connectivity index (χ1) is 7.58. The van der Waals surface area contributed by atoms with Crippen LogP contribution in [-0.2, 0) is 9.53 Å². The van der Waals surface area contributed by atoms with E-state index in [4.69, 9.17) is 4.74 Å². The smallest absolute Gasteiger partial charge is 0.305 e. The number of ether oxygens (including phenoxy) is 1. The van der Waals surface area contributed by atoms with Crippen molar-refractivity contribution >= 4 is 5.97 Å². The molecule has 2 nitrogen and oxygen atoms in total. The van der Waals surface area contributed by atoms with Crippen LogP contribution in [0.3, 0.4) is 0 Å². The normalized spacial score (nSPS) is 14.5. The zero-order valence-electron chi connectivity index (χ0n) is 11.5. The summed E-state index contributed by atoms with van der Waals surface area (Å²) in [6, 6.07) is 0. The number of carbonyl (C=O) groups is 1. The molecule has 0 aliphatic carbocycles. The van der Waals surface area contributed by atoms with E-state index in [2.05, 4.69) is 20.8 Å². The summed E-state index contributed by atoms with van der Waals surface area (Å²) < 4.78 is 4.93. The molecule has 96 valence electrons. The number of unbranched alkanes of at least 4 members (excludes halogenated alkanes) is 1. The van der Waals surface area contributed by atoms with Gasteiger partial charge in [0, 0.05) is 6.42 Å². The Labute approximate surface area is 101 Å². The Balaban J connectivity index is 3.81. The fourth-order valence-corrected chi connectivity index (χ4v) is 1.97. The third-order valence-corrected chi connectivity index (χ3v) is 3.45. The van der Waals surface area contributed by atoms with Gasteiger partial charge in [0.2, 0.25) is 0 Å². The maximum atomic E-state index is 11.2. The molecule has 16 heavy (non-hydrogen) atoms. The third kappa shape index (κ3) is 6.86. The van der Waals surface area contributed by atoms with Crippen molar-refractivity contribution in [3.63, 3.8) is 0 Å². The van der Waals surface area contributed by atoms with Crippen LogP contribution < -0.4 is 0 Å².